The van der Waals surface area contributed by atoms with Gasteiger partial charge in [0, 0.05) is 11.1 Å². The number of aliphatic carboxylic acids is 1. The van der Waals surface area contributed by atoms with Crippen molar-refractivity contribution in [3.63, 3.8) is 0 Å². The standard InChI is InChI=1S/C24H28FNO4S2/c1-3-22(26-14-4-5-17-6-8-18(9-7-17)10-13-23(27)28)32(29,30)24-16(2)20-15-19(25)11-12-21(20)31-24/h6-9,11-12,15,22,26H,3-5,10,13-14H2,1-2H3,(H,27,28). The minimum atomic E-state index is -3.58. The predicted molar refractivity (Wildman–Crippen MR) is 127 cm³/mol. The van der Waals surface area contributed by atoms with Crippen LogP contribution in [0.4, 0.5) is 4.39 Å². The normalized spacial score (nSPS) is 12.8. The molecule has 0 aliphatic heterocycles. The van der Waals surface area contributed by atoms with E-state index in [0.29, 0.717) is 34.5 Å². The number of carboxylic acid groups (broad SMARTS) is 1. The maximum Gasteiger partial charge on any atom is 0.303 e. The smallest absolute Gasteiger partial charge is 0.303 e. The van der Waals surface area contributed by atoms with E-state index in [2.05, 4.69) is 5.32 Å². The van der Waals surface area contributed by atoms with Gasteiger partial charge in [0.15, 0.2) is 0 Å². The number of carboxylic acids is 1. The van der Waals surface area contributed by atoms with E-state index in [-0.39, 0.29) is 12.2 Å². The number of hydrogen-bond donors (Lipinski definition) is 2. The summed E-state index contributed by atoms with van der Waals surface area (Å²) in [6, 6.07) is 12.2. The van der Waals surface area contributed by atoms with Crippen LogP contribution in [0.15, 0.2) is 46.7 Å². The second kappa shape index (κ2) is 10.6. The molecule has 0 fully saturated rings. The average Bonchev–Trinajstić information content (AvgIpc) is 3.09. The van der Waals surface area contributed by atoms with Gasteiger partial charge in [-0.15, -0.1) is 11.3 Å². The predicted octanol–water partition coefficient (Wildman–Crippen LogP) is 5.10. The summed E-state index contributed by atoms with van der Waals surface area (Å²) in [5.74, 6) is -1.18. The van der Waals surface area contributed by atoms with Crippen LogP contribution in [-0.2, 0) is 27.5 Å². The van der Waals surface area contributed by atoms with Gasteiger partial charge in [-0.3, -0.25) is 4.79 Å². The van der Waals surface area contributed by atoms with E-state index in [1.54, 1.807) is 13.0 Å². The van der Waals surface area contributed by atoms with E-state index in [1.807, 2.05) is 31.2 Å². The number of halogens is 1. The second-order valence-electron chi connectivity index (χ2n) is 7.86. The Morgan fingerprint density at radius 1 is 1.12 bits per heavy atom. The lowest BCUT2D eigenvalue weighted by Gasteiger charge is -2.17. The van der Waals surface area contributed by atoms with Crippen LogP contribution in [0.25, 0.3) is 10.1 Å². The van der Waals surface area contributed by atoms with Crippen molar-refractivity contribution in [2.45, 2.75) is 55.5 Å². The first-order chi connectivity index (χ1) is 15.2. The van der Waals surface area contributed by atoms with E-state index in [0.717, 1.165) is 28.7 Å². The largest absolute Gasteiger partial charge is 0.481 e. The fraction of sp³-hybridized carbons (Fsp3) is 0.375. The van der Waals surface area contributed by atoms with Crippen molar-refractivity contribution >= 4 is 37.2 Å². The van der Waals surface area contributed by atoms with Gasteiger partial charge in [0.05, 0.1) is 0 Å². The average molecular weight is 478 g/mol. The van der Waals surface area contributed by atoms with Crippen molar-refractivity contribution in [1.82, 2.24) is 5.32 Å². The zero-order valence-electron chi connectivity index (χ0n) is 18.2. The van der Waals surface area contributed by atoms with Crippen LogP contribution in [0.2, 0.25) is 0 Å². The Kier molecular flexibility index (Phi) is 8.03. The summed E-state index contributed by atoms with van der Waals surface area (Å²) >= 11 is 1.19. The lowest BCUT2D eigenvalue weighted by molar-refractivity contribution is -0.136. The molecular weight excluding hydrogens is 449 g/mol. The molecule has 8 heteroatoms. The first-order valence-corrected chi connectivity index (χ1v) is 13.0. The monoisotopic (exact) mass is 477 g/mol. The molecule has 1 heterocycles. The molecule has 0 saturated heterocycles. The first kappa shape index (κ1) is 24.4. The third-order valence-electron chi connectivity index (χ3n) is 5.52. The van der Waals surface area contributed by atoms with E-state index < -0.39 is 21.2 Å². The van der Waals surface area contributed by atoms with Crippen LogP contribution in [0.3, 0.4) is 0 Å². The number of aryl methyl sites for hydroxylation is 3. The molecule has 0 radical (unpaired) electrons. The first-order valence-electron chi connectivity index (χ1n) is 10.7. The quantitative estimate of drug-likeness (QED) is 0.376. The number of rotatable bonds is 11. The lowest BCUT2D eigenvalue weighted by Crippen LogP contribution is -2.36. The lowest BCUT2D eigenvalue weighted by atomic mass is 10.0. The van der Waals surface area contributed by atoms with Gasteiger partial charge < -0.3 is 10.4 Å². The third-order valence-corrected chi connectivity index (χ3v) is 9.61. The van der Waals surface area contributed by atoms with Crippen LogP contribution >= 0.6 is 11.3 Å². The minimum absolute atomic E-state index is 0.115. The summed E-state index contributed by atoms with van der Waals surface area (Å²) in [4.78, 5) is 10.7. The number of hydrogen-bond acceptors (Lipinski definition) is 5. The second-order valence-corrected chi connectivity index (χ2v) is 11.2. The molecule has 0 spiro atoms. The van der Waals surface area contributed by atoms with Crippen LogP contribution in [0.1, 0.15) is 42.9 Å². The van der Waals surface area contributed by atoms with E-state index in [9.17, 15) is 17.6 Å². The molecule has 2 N–H and O–H groups in total. The summed E-state index contributed by atoms with van der Waals surface area (Å²) in [5.41, 5.74) is 2.72. The Hall–Kier alpha value is -2.29. The molecule has 1 unspecified atom stereocenters. The highest BCUT2D eigenvalue weighted by Crippen LogP contribution is 2.36. The van der Waals surface area contributed by atoms with Crippen molar-refractivity contribution in [3.05, 3.63) is 65.0 Å². The van der Waals surface area contributed by atoms with Gasteiger partial charge in [0.1, 0.15) is 15.4 Å². The zero-order valence-corrected chi connectivity index (χ0v) is 19.9. The number of sulfone groups is 1. The van der Waals surface area contributed by atoms with Gasteiger partial charge in [-0.1, -0.05) is 31.2 Å². The molecule has 32 heavy (non-hydrogen) atoms. The molecule has 0 bridgehead atoms. The molecule has 172 valence electrons. The maximum atomic E-state index is 13.6. The molecule has 5 nitrogen and oxygen atoms in total. The highest BCUT2D eigenvalue weighted by atomic mass is 32.2. The van der Waals surface area contributed by atoms with Gasteiger partial charge >= 0.3 is 5.97 Å². The summed E-state index contributed by atoms with van der Waals surface area (Å²) < 4.78 is 41.2. The fourth-order valence-electron chi connectivity index (χ4n) is 3.72. The third kappa shape index (κ3) is 5.74. The highest BCUT2D eigenvalue weighted by molar-refractivity contribution is 7.94. The molecular formula is C24H28FNO4S2. The van der Waals surface area contributed by atoms with Gasteiger partial charge in [0.2, 0.25) is 9.84 Å². The molecule has 3 rings (SSSR count). The van der Waals surface area contributed by atoms with E-state index >= 15 is 0 Å². The summed E-state index contributed by atoms with van der Waals surface area (Å²) in [7, 11) is -3.58. The molecule has 3 aromatic rings. The Balaban J connectivity index is 1.59. The number of nitrogens with one attached hydrogen (secondary N) is 1. The van der Waals surface area contributed by atoms with E-state index in [1.165, 1.54) is 23.5 Å². The number of thiophene rings is 1. The minimum Gasteiger partial charge on any atom is -0.481 e. The number of benzene rings is 2. The zero-order chi connectivity index (χ0) is 23.3. The summed E-state index contributed by atoms with van der Waals surface area (Å²) in [6.07, 6.45) is 2.63. The number of fused-ring (bicyclic) bond motifs is 1. The SMILES string of the molecule is CCC(NCCCc1ccc(CCC(=O)O)cc1)S(=O)(=O)c1sc2ccc(F)cc2c1C. The molecule has 1 aromatic heterocycles. The molecule has 0 aliphatic carbocycles. The van der Waals surface area contributed by atoms with Crippen LogP contribution in [0.5, 0.6) is 0 Å². The molecule has 2 aromatic carbocycles. The topological polar surface area (TPSA) is 83.5 Å². The van der Waals surface area contributed by atoms with Crippen molar-refractivity contribution in [1.29, 1.82) is 0 Å². The Bertz CT molecular complexity index is 1190. The van der Waals surface area contributed by atoms with Gasteiger partial charge in [-0.25, -0.2) is 12.8 Å². The van der Waals surface area contributed by atoms with E-state index in [4.69, 9.17) is 5.11 Å². The van der Waals surface area contributed by atoms with Gasteiger partial charge in [0.25, 0.3) is 0 Å². The number of carbonyl (C=O) groups is 1. The Morgan fingerprint density at radius 3 is 2.41 bits per heavy atom. The van der Waals surface area contributed by atoms with Crippen molar-refractivity contribution in [3.8, 4) is 0 Å². The molecule has 0 saturated carbocycles. The van der Waals surface area contributed by atoms with Crippen LogP contribution in [-0.4, -0.2) is 31.4 Å². The molecule has 1 atom stereocenters. The summed E-state index contributed by atoms with van der Waals surface area (Å²) in [5, 5.41) is 11.9. The Morgan fingerprint density at radius 2 is 1.78 bits per heavy atom. The van der Waals surface area contributed by atoms with Gasteiger partial charge in [-0.2, -0.15) is 0 Å². The molecule has 0 aliphatic rings. The van der Waals surface area contributed by atoms with Crippen molar-refractivity contribution in [2.24, 2.45) is 0 Å². The Labute approximate surface area is 192 Å². The maximum absolute atomic E-state index is 13.6. The summed E-state index contributed by atoms with van der Waals surface area (Å²) in [6.45, 7) is 4.13. The van der Waals surface area contributed by atoms with Crippen molar-refractivity contribution in [2.75, 3.05) is 6.54 Å². The van der Waals surface area contributed by atoms with Crippen molar-refractivity contribution < 1.29 is 22.7 Å². The fourth-order valence-corrected chi connectivity index (χ4v) is 7.30. The van der Waals surface area contributed by atoms with Gasteiger partial charge in [-0.05, 0) is 79.4 Å². The highest BCUT2D eigenvalue weighted by Gasteiger charge is 2.29. The molecule has 0 amide bonds. The van der Waals surface area contributed by atoms with Crippen LogP contribution in [0, 0.1) is 12.7 Å². The van der Waals surface area contributed by atoms with Crippen LogP contribution < -0.4 is 5.32 Å².